The maximum absolute atomic E-state index is 6.17. The van der Waals surface area contributed by atoms with Gasteiger partial charge in [-0.25, -0.2) is 0 Å². The molecule has 1 aromatic heterocycles. The van der Waals surface area contributed by atoms with Gasteiger partial charge in [-0.3, -0.25) is 0 Å². The van der Waals surface area contributed by atoms with E-state index in [0.717, 1.165) is 15.2 Å². The van der Waals surface area contributed by atoms with Crippen molar-refractivity contribution < 1.29 is 0 Å². The Morgan fingerprint density at radius 2 is 1.48 bits per heavy atom. The van der Waals surface area contributed by atoms with Gasteiger partial charge in [-0.2, -0.15) is 0 Å². The number of benzene rings is 4. The van der Waals surface area contributed by atoms with Crippen molar-refractivity contribution in [3.05, 3.63) is 88.4 Å². The van der Waals surface area contributed by atoms with Crippen LogP contribution < -0.4 is 0 Å². The molecule has 3 heteroatoms. The zero-order chi connectivity index (χ0) is 17.0. The molecular formula is C22H13BrClN. The summed E-state index contributed by atoms with van der Waals surface area (Å²) in [6.07, 6.45) is 0. The van der Waals surface area contributed by atoms with Gasteiger partial charge in [-0.1, -0.05) is 66.2 Å². The third-order valence-corrected chi connectivity index (χ3v) is 5.58. The molecule has 5 rings (SSSR count). The topological polar surface area (TPSA) is 4.93 Å². The minimum Gasteiger partial charge on any atom is -0.307 e. The Bertz CT molecular complexity index is 1270. The molecule has 120 valence electrons. The van der Waals surface area contributed by atoms with Crippen LogP contribution in [0.15, 0.2) is 83.3 Å². The van der Waals surface area contributed by atoms with Crippen molar-refractivity contribution in [2.45, 2.75) is 0 Å². The number of hydrogen-bond acceptors (Lipinski definition) is 0. The number of fused-ring (bicyclic) bond motifs is 5. The molecule has 1 heterocycles. The largest absolute Gasteiger partial charge is 0.307 e. The number of para-hydroxylation sites is 1. The van der Waals surface area contributed by atoms with E-state index >= 15 is 0 Å². The molecule has 0 bridgehead atoms. The van der Waals surface area contributed by atoms with E-state index in [4.69, 9.17) is 11.6 Å². The molecule has 0 saturated heterocycles. The second-order valence-corrected chi connectivity index (χ2v) is 7.42. The molecule has 0 fully saturated rings. The van der Waals surface area contributed by atoms with Gasteiger partial charge in [0.1, 0.15) is 0 Å². The third-order valence-electron chi connectivity index (χ3n) is 4.71. The molecule has 0 aliphatic rings. The summed E-state index contributed by atoms with van der Waals surface area (Å²) in [6, 6.07) is 27.5. The van der Waals surface area contributed by atoms with E-state index in [-0.39, 0.29) is 0 Å². The first-order valence-corrected chi connectivity index (χ1v) is 9.27. The molecule has 4 aromatic carbocycles. The van der Waals surface area contributed by atoms with Gasteiger partial charge in [0.15, 0.2) is 0 Å². The molecule has 0 N–H and O–H groups in total. The molecular weight excluding hydrogens is 394 g/mol. The van der Waals surface area contributed by atoms with E-state index in [1.165, 1.54) is 32.6 Å². The summed E-state index contributed by atoms with van der Waals surface area (Å²) in [5.41, 5.74) is 3.51. The zero-order valence-corrected chi connectivity index (χ0v) is 15.6. The Morgan fingerprint density at radius 1 is 0.720 bits per heavy atom. The van der Waals surface area contributed by atoms with Crippen molar-refractivity contribution in [1.82, 2.24) is 4.57 Å². The first-order chi connectivity index (χ1) is 12.2. The van der Waals surface area contributed by atoms with Crippen LogP contribution in [0, 0.1) is 0 Å². The molecule has 0 saturated carbocycles. The average molecular weight is 407 g/mol. The van der Waals surface area contributed by atoms with Crippen molar-refractivity contribution in [2.24, 2.45) is 0 Å². The van der Waals surface area contributed by atoms with Crippen LogP contribution in [0.2, 0.25) is 5.02 Å². The van der Waals surface area contributed by atoms with Crippen molar-refractivity contribution in [2.75, 3.05) is 0 Å². The molecule has 25 heavy (non-hydrogen) atoms. The maximum Gasteiger partial charge on any atom is 0.0619 e. The number of aromatic nitrogens is 1. The van der Waals surface area contributed by atoms with Gasteiger partial charge in [-0.15, -0.1) is 0 Å². The standard InChI is InChI=1S/C22H13BrClN/c23-19-13-15(24)10-12-21(19)25-20-8-4-3-7-17(20)18-11-9-14-5-1-2-6-16(14)22(18)25/h1-13H. The van der Waals surface area contributed by atoms with Gasteiger partial charge < -0.3 is 4.57 Å². The first-order valence-electron chi connectivity index (χ1n) is 8.10. The predicted molar refractivity (Wildman–Crippen MR) is 111 cm³/mol. The lowest BCUT2D eigenvalue weighted by atomic mass is 10.1. The minimum absolute atomic E-state index is 0.723. The average Bonchev–Trinajstić information content (AvgIpc) is 2.97. The summed E-state index contributed by atoms with van der Waals surface area (Å²) in [6.45, 7) is 0. The number of halogens is 2. The van der Waals surface area contributed by atoms with Gasteiger partial charge in [0, 0.05) is 25.7 Å². The van der Waals surface area contributed by atoms with E-state index in [2.05, 4.69) is 87.2 Å². The highest BCUT2D eigenvalue weighted by molar-refractivity contribution is 9.10. The summed E-state index contributed by atoms with van der Waals surface area (Å²) in [7, 11) is 0. The van der Waals surface area contributed by atoms with Crippen LogP contribution in [0.25, 0.3) is 38.3 Å². The Kier molecular flexibility index (Phi) is 3.37. The Morgan fingerprint density at radius 3 is 2.32 bits per heavy atom. The van der Waals surface area contributed by atoms with Crippen molar-refractivity contribution in [1.29, 1.82) is 0 Å². The van der Waals surface area contributed by atoms with Crippen LogP contribution in [0.5, 0.6) is 0 Å². The number of hydrogen-bond donors (Lipinski definition) is 0. The number of rotatable bonds is 1. The Labute approximate surface area is 158 Å². The molecule has 0 amide bonds. The molecule has 0 spiro atoms. The molecule has 0 radical (unpaired) electrons. The van der Waals surface area contributed by atoms with E-state index in [9.17, 15) is 0 Å². The fourth-order valence-electron chi connectivity index (χ4n) is 3.64. The summed E-state index contributed by atoms with van der Waals surface area (Å²) >= 11 is 9.87. The van der Waals surface area contributed by atoms with Crippen LogP contribution in [-0.2, 0) is 0 Å². The van der Waals surface area contributed by atoms with E-state index in [1.54, 1.807) is 0 Å². The highest BCUT2D eigenvalue weighted by Crippen LogP contribution is 2.38. The van der Waals surface area contributed by atoms with E-state index < -0.39 is 0 Å². The second-order valence-electron chi connectivity index (χ2n) is 6.13. The van der Waals surface area contributed by atoms with Gasteiger partial charge in [0.05, 0.1) is 16.7 Å². The van der Waals surface area contributed by atoms with Gasteiger partial charge in [0.25, 0.3) is 0 Å². The van der Waals surface area contributed by atoms with Crippen molar-refractivity contribution >= 4 is 60.1 Å². The Balaban J connectivity index is 2.07. The quantitative estimate of drug-likeness (QED) is 0.274. The van der Waals surface area contributed by atoms with E-state index in [1.807, 2.05) is 12.1 Å². The van der Waals surface area contributed by atoms with Crippen LogP contribution in [0.1, 0.15) is 0 Å². The molecule has 0 aliphatic carbocycles. The fraction of sp³-hybridized carbons (Fsp3) is 0. The maximum atomic E-state index is 6.17. The van der Waals surface area contributed by atoms with Crippen LogP contribution in [-0.4, -0.2) is 4.57 Å². The highest BCUT2D eigenvalue weighted by Gasteiger charge is 2.16. The first kappa shape index (κ1) is 15.0. The second kappa shape index (κ2) is 5.62. The van der Waals surface area contributed by atoms with Gasteiger partial charge in [-0.05, 0) is 45.6 Å². The summed E-state index contributed by atoms with van der Waals surface area (Å²) in [4.78, 5) is 0. The Hall–Kier alpha value is -2.29. The SMILES string of the molecule is Clc1ccc(-n2c3ccccc3c3ccc4ccccc4c32)c(Br)c1. The fourth-order valence-corrected chi connectivity index (χ4v) is 4.50. The van der Waals surface area contributed by atoms with Crippen molar-refractivity contribution in [3.63, 3.8) is 0 Å². The zero-order valence-electron chi connectivity index (χ0n) is 13.2. The molecule has 5 aromatic rings. The predicted octanol–water partition coefficient (Wildman–Crippen LogP) is 7.35. The monoisotopic (exact) mass is 405 g/mol. The minimum atomic E-state index is 0.723. The molecule has 1 nitrogen and oxygen atoms in total. The lowest BCUT2D eigenvalue weighted by molar-refractivity contribution is 1.17. The smallest absolute Gasteiger partial charge is 0.0619 e. The van der Waals surface area contributed by atoms with Crippen LogP contribution in [0.4, 0.5) is 0 Å². The molecule has 0 aliphatic heterocycles. The lowest BCUT2D eigenvalue weighted by Crippen LogP contribution is -1.95. The van der Waals surface area contributed by atoms with Gasteiger partial charge >= 0.3 is 0 Å². The van der Waals surface area contributed by atoms with E-state index in [0.29, 0.717) is 0 Å². The van der Waals surface area contributed by atoms with Gasteiger partial charge in [0.2, 0.25) is 0 Å². The normalized spacial score (nSPS) is 11.6. The van der Waals surface area contributed by atoms with Crippen molar-refractivity contribution in [3.8, 4) is 5.69 Å². The molecule has 0 unspecified atom stereocenters. The summed E-state index contributed by atoms with van der Waals surface area (Å²) < 4.78 is 3.31. The molecule has 0 atom stereocenters. The lowest BCUT2D eigenvalue weighted by Gasteiger charge is -2.12. The number of nitrogens with zero attached hydrogens (tertiary/aromatic N) is 1. The van der Waals surface area contributed by atoms with Crippen LogP contribution in [0.3, 0.4) is 0 Å². The highest BCUT2D eigenvalue weighted by atomic mass is 79.9. The summed E-state index contributed by atoms with van der Waals surface area (Å²) in [5.74, 6) is 0. The van der Waals surface area contributed by atoms with Crippen LogP contribution >= 0.6 is 27.5 Å². The third kappa shape index (κ3) is 2.21. The summed E-state index contributed by atoms with van der Waals surface area (Å²) in [5, 5.41) is 5.73.